The first-order valence-electron chi connectivity index (χ1n) is 5.63. The third-order valence-electron chi connectivity index (χ3n) is 2.62. The Hall–Kier alpha value is -2.22. The van der Waals surface area contributed by atoms with E-state index in [4.69, 9.17) is 15.7 Å². The lowest BCUT2D eigenvalue weighted by Gasteiger charge is -2.21. The standard InChI is InChI=1S/C13H17N3O2/c1-8(2)12(13(17)18-3)16-10-5-4-9(7-14)11(15)6-10/h4-6,8,12,16H,15H2,1-3H3. The van der Waals surface area contributed by atoms with E-state index in [2.05, 4.69) is 5.32 Å². The van der Waals surface area contributed by atoms with E-state index in [0.717, 1.165) is 0 Å². The van der Waals surface area contributed by atoms with Crippen LogP contribution in [0.25, 0.3) is 0 Å². The van der Waals surface area contributed by atoms with E-state index in [1.165, 1.54) is 7.11 Å². The molecule has 96 valence electrons. The number of nitriles is 1. The molecule has 1 atom stereocenters. The molecular weight excluding hydrogens is 230 g/mol. The van der Waals surface area contributed by atoms with Crippen molar-refractivity contribution in [2.75, 3.05) is 18.2 Å². The van der Waals surface area contributed by atoms with Crippen LogP contribution < -0.4 is 11.1 Å². The number of nitrogens with two attached hydrogens (primary N) is 1. The molecule has 3 N–H and O–H groups in total. The van der Waals surface area contributed by atoms with Crippen LogP contribution in [0.15, 0.2) is 18.2 Å². The second kappa shape index (κ2) is 5.92. The Morgan fingerprint density at radius 3 is 2.61 bits per heavy atom. The molecule has 1 aromatic carbocycles. The van der Waals surface area contributed by atoms with Crippen LogP contribution in [0.2, 0.25) is 0 Å². The fourth-order valence-electron chi connectivity index (χ4n) is 1.56. The van der Waals surface area contributed by atoms with E-state index in [-0.39, 0.29) is 11.9 Å². The van der Waals surface area contributed by atoms with Gasteiger partial charge in [-0.15, -0.1) is 0 Å². The van der Waals surface area contributed by atoms with Gasteiger partial charge in [0.1, 0.15) is 12.1 Å². The molecule has 0 aliphatic carbocycles. The number of nitrogen functional groups attached to an aromatic ring is 1. The summed E-state index contributed by atoms with van der Waals surface area (Å²) in [4.78, 5) is 11.6. The molecule has 0 spiro atoms. The number of rotatable bonds is 4. The molecule has 18 heavy (non-hydrogen) atoms. The molecule has 0 heterocycles. The first-order chi connectivity index (χ1) is 8.49. The number of hydrogen-bond acceptors (Lipinski definition) is 5. The van der Waals surface area contributed by atoms with E-state index in [1.807, 2.05) is 19.9 Å². The molecule has 0 amide bonds. The summed E-state index contributed by atoms with van der Waals surface area (Å²) < 4.78 is 4.74. The topological polar surface area (TPSA) is 88.1 Å². The first-order valence-corrected chi connectivity index (χ1v) is 5.63. The average molecular weight is 247 g/mol. The zero-order chi connectivity index (χ0) is 13.7. The van der Waals surface area contributed by atoms with Gasteiger partial charge in [-0.1, -0.05) is 13.8 Å². The van der Waals surface area contributed by atoms with Crippen LogP contribution in [-0.2, 0) is 9.53 Å². The van der Waals surface area contributed by atoms with Crippen LogP contribution in [0, 0.1) is 17.2 Å². The van der Waals surface area contributed by atoms with Crippen molar-refractivity contribution in [2.45, 2.75) is 19.9 Å². The monoisotopic (exact) mass is 247 g/mol. The van der Waals surface area contributed by atoms with Gasteiger partial charge < -0.3 is 15.8 Å². The maximum Gasteiger partial charge on any atom is 0.328 e. The van der Waals surface area contributed by atoms with Crippen molar-refractivity contribution in [2.24, 2.45) is 5.92 Å². The minimum absolute atomic E-state index is 0.0781. The van der Waals surface area contributed by atoms with Gasteiger partial charge >= 0.3 is 5.97 Å². The van der Waals surface area contributed by atoms with Crippen LogP contribution in [0.1, 0.15) is 19.4 Å². The van der Waals surface area contributed by atoms with E-state index in [0.29, 0.717) is 16.9 Å². The Bertz CT molecular complexity index is 478. The Morgan fingerprint density at radius 2 is 2.17 bits per heavy atom. The summed E-state index contributed by atoms with van der Waals surface area (Å²) in [6.07, 6.45) is 0. The number of anilines is 2. The SMILES string of the molecule is COC(=O)C(Nc1ccc(C#N)c(N)c1)C(C)C. The summed E-state index contributed by atoms with van der Waals surface area (Å²) in [6, 6.07) is 6.51. The molecule has 0 aliphatic rings. The summed E-state index contributed by atoms with van der Waals surface area (Å²) in [5.74, 6) is -0.248. The average Bonchev–Trinajstić information content (AvgIpc) is 2.35. The highest BCUT2D eigenvalue weighted by molar-refractivity contribution is 5.80. The number of carbonyl (C=O) groups is 1. The fourth-order valence-corrected chi connectivity index (χ4v) is 1.56. The van der Waals surface area contributed by atoms with E-state index >= 15 is 0 Å². The zero-order valence-corrected chi connectivity index (χ0v) is 10.7. The summed E-state index contributed by atoms with van der Waals surface area (Å²) in [6.45, 7) is 3.84. The molecule has 1 rings (SSSR count). The maximum atomic E-state index is 11.6. The van der Waals surface area contributed by atoms with Gasteiger partial charge in [0.25, 0.3) is 0 Å². The van der Waals surface area contributed by atoms with Crippen LogP contribution in [0.5, 0.6) is 0 Å². The zero-order valence-electron chi connectivity index (χ0n) is 10.7. The number of nitrogens with zero attached hydrogens (tertiary/aromatic N) is 1. The van der Waals surface area contributed by atoms with Gasteiger partial charge in [0.2, 0.25) is 0 Å². The van der Waals surface area contributed by atoms with Crippen LogP contribution >= 0.6 is 0 Å². The number of hydrogen-bond donors (Lipinski definition) is 2. The van der Waals surface area contributed by atoms with Crippen molar-refractivity contribution in [3.8, 4) is 6.07 Å². The molecular formula is C13H17N3O2. The quantitative estimate of drug-likeness (QED) is 0.625. The molecule has 5 nitrogen and oxygen atoms in total. The van der Waals surface area contributed by atoms with Gasteiger partial charge in [0, 0.05) is 5.69 Å². The summed E-state index contributed by atoms with van der Waals surface area (Å²) >= 11 is 0. The van der Waals surface area contributed by atoms with E-state index < -0.39 is 6.04 Å². The number of carbonyl (C=O) groups excluding carboxylic acids is 1. The lowest BCUT2D eigenvalue weighted by Crippen LogP contribution is -2.35. The number of esters is 1. The number of methoxy groups -OCH3 is 1. The third-order valence-corrected chi connectivity index (χ3v) is 2.62. The van der Waals surface area contributed by atoms with E-state index in [1.54, 1.807) is 18.2 Å². The Labute approximate surface area is 107 Å². The lowest BCUT2D eigenvalue weighted by molar-refractivity contribution is -0.142. The number of ether oxygens (including phenoxy) is 1. The van der Waals surface area contributed by atoms with E-state index in [9.17, 15) is 4.79 Å². The Morgan fingerprint density at radius 1 is 1.50 bits per heavy atom. The first kappa shape index (κ1) is 13.8. The van der Waals surface area contributed by atoms with Gasteiger partial charge in [0.15, 0.2) is 0 Å². The maximum absolute atomic E-state index is 11.6. The largest absolute Gasteiger partial charge is 0.467 e. The van der Waals surface area contributed by atoms with Gasteiger partial charge in [-0.3, -0.25) is 0 Å². The van der Waals surface area contributed by atoms with Gasteiger partial charge in [-0.25, -0.2) is 4.79 Å². The molecule has 0 aliphatic heterocycles. The van der Waals surface area contributed by atoms with Crippen molar-refractivity contribution in [1.82, 2.24) is 0 Å². The summed E-state index contributed by atoms with van der Waals surface area (Å²) in [5.41, 5.74) is 7.20. The lowest BCUT2D eigenvalue weighted by atomic mass is 10.0. The molecule has 1 aromatic rings. The minimum atomic E-state index is -0.442. The highest BCUT2D eigenvalue weighted by atomic mass is 16.5. The van der Waals surface area contributed by atoms with Crippen molar-refractivity contribution in [3.05, 3.63) is 23.8 Å². The van der Waals surface area contributed by atoms with Gasteiger partial charge in [0.05, 0.1) is 18.4 Å². The second-order valence-electron chi connectivity index (χ2n) is 4.30. The predicted octanol–water partition coefficient (Wildman–Crippen LogP) is 1.75. The normalized spacial score (nSPS) is 11.7. The van der Waals surface area contributed by atoms with Crippen LogP contribution in [0.4, 0.5) is 11.4 Å². The smallest absolute Gasteiger partial charge is 0.328 e. The minimum Gasteiger partial charge on any atom is -0.467 e. The van der Waals surface area contributed by atoms with Crippen molar-refractivity contribution >= 4 is 17.3 Å². The van der Waals surface area contributed by atoms with Gasteiger partial charge in [-0.05, 0) is 24.1 Å². The molecule has 0 bridgehead atoms. The highest BCUT2D eigenvalue weighted by Gasteiger charge is 2.22. The number of nitrogens with one attached hydrogen (secondary N) is 1. The molecule has 0 radical (unpaired) electrons. The molecule has 5 heteroatoms. The van der Waals surface area contributed by atoms with Gasteiger partial charge in [-0.2, -0.15) is 5.26 Å². The van der Waals surface area contributed by atoms with Crippen molar-refractivity contribution in [1.29, 1.82) is 5.26 Å². The van der Waals surface area contributed by atoms with Crippen LogP contribution in [0.3, 0.4) is 0 Å². The molecule has 1 unspecified atom stereocenters. The highest BCUT2D eigenvalue weighted by Crippen LogP contribution is 2.19. The number of benzene rings is 1. The molecule has 0 saturated heterocycles. The Balaban J connectivity index is 2.92. The molecule has 0 aromatic heterocycles. The summed E-state index contributed by atoms with van der Waals surface area (Å²) in [5, 5.41) is 11.8. The van der Waals surface area contributed by atoms with Crippen molar-refractivity contribution in [3.63, 3.8) is 0 Å². The second-order valence-corrected chi connectivity index (χ2v) is 4.30. The Kier molecular flexibility index (Phi) is 4.55. The summed E-state index contributed by atoms with van der Waals surface area (Å²) in [7, 11) is 1.35. The van der Waals surface area contributed by atoms with Crippen LogP contribution in [-0.4, -0.2) is 19.1 Å². The van der Waals surface area contributed by atoms with Crippen molar-refractivity contribution < 1.29 is 9.53 Å². The fraction of sp³-hybridized carbons (Fsp3) is 0.385. The predicted molar refractivity (Wildman–Crippen MR) is 69.8 cm³/mol. The molecule has 0 fully saturated rings. The third kappa shape index (κ3) is 3.14. The molecule has 0 saturated carbocycles.